The molecule has 0 atom stereocenters. The molecule has 0 unspecified atom stereocenters. The highest BCUT2D eigenvalue weighted by Gasteiger charge is 2.07. The monoisotopic (exact) mass is 312 g/mol. The van der Waals surface area contributed by atoms with Gasteiger partial charge in [0, 0.05) is 24.0 Å². The molecule has 2 rings (SSSR count). The number of aryl methyl sites for hydroxylation is 1. The van der Waals surface area contributed by atoms with Gasteiger partial charge in [-0.3, -0.25) is 4.79 Å². The van der Waals surface area contributed by atoms with E-state index in [1.54, 1.807) is 18.3 Å². The van der Waals surface area contributed by atoms with Crippen LogP contribution in [0.25, 0.3) is 0 Å². The van der Waals surface area contributed by atoms with Crippen molar-refractivity contribution in [1.82, 2.24) is 4.98 Å². The van der Waals surface area contributed by atoms with E-state index in [1.807, 2.05) is 31.2 Å². The molecule has 1 aromatic carbocycles. The van der Waals surface area contributed by atoms with E-state index >= 15 is 0 Å². The lowest BCUT2D eigenvalue weighted by molar-refractivity contribution is 0.102. The van der Waals surface area contributed by atoms with Crippen LogP contribution in [-0.2, 0) is 0 Å². The Hall–Kier alpha value is -2.40. The number of aromatic nitrogens is 1. The smallest absolute Gasteiger partial charge is 0.256 e. The van der Waals surface area contributed by atoms with Crippen LogP contribution >= 0.6 is 0 Å². The molecule has 0 saturated carbocycles. The van der Waals surface area contributed by atoms with Crippen LogP contribution < -0.4 is 16.4 Å². The van der Waals surface area contributed by atoms with Gasteiger partial charge >= 0.3 is 0 Å². The van der Waals surface area contributed by atoms with Crippen LogP contribution in [0.5, 0.6) is 0 Å². The Bertz CT molecular complexity index is 625. The first-order valence-corrected chi connectivity index (χ1v) is 7.97. The molecular formula is C18H24N4O. The molecule has 0 bridgehead atoms. The van der Waals surface area contributed by atoms with Gasteiger partial charge in [0.25, 0.3) is 5.91 Å². The molecule has 23 heavy (non-hydrogen) atoms. The second-order valence-electron chi connectivity index (χ2n) is 5.53. The minimum atomic E-state index is -0.159. The molecule has 0 spiro atoms. The molecule has 122 valence electrons. The van der Waals surface area contributed by atoms with Crippen LogP contribution in [0.15, 0.2) is 42.6 Å². The van der Waals surface area contributed by atoms with E-state index in [-0.39, 0.29) is 5.91 Å². The van der Waals surface area contributed by atoms with Gasteiger partial charge in [-0.2, -0.15) is 0 Å². The number of rotatable bonds is 8. The number of pyridine rings is 1. The SMILES string of the molecule is Cc1ccc(NC(=O)c2cccc(NCCCCCN)c2)nc1. The number of hydrogen-bond donors (Lipinski definition) is 3. The summed E-state index contributed by atoms with van der Waals surface area (Å²) in [6.07, 6.45) is 4.96. The second kappa shape index (κ2) is 8.90. The van der Waals surface area contributed by atoms with Crippen LogP contribution in [0.1, 0.15) is 35.2 Å². The van der Waals surface area contributed by atoms with E-state index < -0.39 is 0 Å². The third kappa shape index (κ3) is 5.71. The van der Waals surface area contributed by atoms with Crippen molar-refractivity contribution in [1.29, 1.82) is 0 Å². The Morgan fingerprint density at radius 2 is 2.04 bits per heavy atom. The van der Waals surface area contributed by atoms with Crippen LogP contribution in [0.4, 0.5) is 11.5 Å². The highest BCUT2D eigenvalue weighted by molar-refractivity contribution is 6.04. The van der Waals surface area contributed by atoms with Crippen molar-refractivity contribution >= 4 is 17.4 Å². The summed E-state index contributed by atoms with van der Waals surface area (Å²) in [4.78, 5) is 16.5. The van der Waals surface area contributed by atoms with E-state index in [1.165, 1.54) is 0 Å². The van der Waals surface area contributed by atoms with E-state index in [4.69, 9.17) is 5.73 Å². The third-order valence-electron chi connectivity index (χ3n) is 3.49. The van der Waals surface area contributed by atoms with Gasteiger partial charge in [0.2, 0.25) is 0 Å². The average Bonchev–Trinajstić information content (AvgIpc) is 2.57. The summed E-state index contributed by atoms with van der Waals surface area (Å²) in [6.45, 7) is 3.58. The number of nitrogens with one attached hydrogen (secondary N) is 2. The van der Waals surface area contributed by atoms with Gasteiger partial charge in [0.1, 0.15) is 5.82 Å². The first kappa shape index (κ1) is 17.0. The van der Waals surface area contributed by atoms with Crippen molar-refractivity contribution in [3.63, 3.8) is 0 Å². The Labute approximate surface area is 137 Å². The molecule has 0 aliphatic carbocycles. The van der Waals surface area contributed by atoms with Crippen molar-refractivity contribution in [3.05, 3.63) is 53.7 Å². The number of benzene rings is 1. The molecule has 0 aliphatic heterocycles. The Kier molecular flexibility index (Phi) is 6.56. The molecule has 1 aromatic heterocycles. The molecule has 0 fully saturated rings. The molecule has 0 radical (unpaired) electrons. The number of anilines is 2. The van der Waals surface area contributed by atoms with Crippen LogP contribution in [0.2, 0.25) is 0 Å². The standard InChI is InChI=1S/C18H24N4O/c1-14-8-9-17(21-13-14)22-18(23)15-6-5-7-16(12-15)20-11-4-2-3-10-19/h5-9,12-13,20H,2-4,10-11,19H2,1H3,(H,21,22,23). The molecule has 2 aromatic rings. The quantitative estimate of drug-likeness (QED) is 0.654. The summed E-state index contributed by atoms with van der Waals surface area (Å²) in [5.74, 6) is 0.397. The number of unbranched alkanes of at least 4 members (excludes halogenated alkanes) is 2. The lowest BCUT2D eigenvalue weighted by Gasteiger charge is -2.09. The number of carbonyl (C=O) groups excluding carboxylic acids is 1. The topological polar surface area (TPSA) is 80.0 Å². The first-order valence-electron chi connectivity index (χ1n) is 7.97. The fraction of sp³-hybridized carbons (Fsp3) is 0.333. The summed E-state index contributed by atoms with van der Waals surface area (Å²) < 4.78 is 0. The number of nitrogens with two attached hydrogens (primary N) is 1. The maximum Gasteiger partial charge on any atom is 0.256 e. The maximum absolute atomic E-state index is 12.3. The van der Waals surface area contributed by atoms with Gasteiger partial charge < -0.3 is 16.4 Å². The Morgan fingerprint density at radius 3 is 2.78 bits per heavy atom. The Balaban J connectivity index is 1.90. The van der Waals surface area contributed by atoms with Gasteiger partial charge in [0.15, 0.2) is 0 Å². The van der Waals surface area contributed by atoms with Crippen LogP contribution in [0, 0.1) is 6.92 Å². The predicted octanol–water partition coefficient (Wildman–Crippen LogP) is 3.18. The zero-order valence-corrected chi connectivity index (χ0v) is 13.5. The maximum atomic E-state index is 12.3. The van der Waals surface area contributed by atoms with Gasteiger partial charge in [-0.15, -0.1) is 0 Å². The fourth-order valence-corrected chi connectivity index (χ4v) is 2.18. The number of carbonyl (C=O) groups is 1. The minimum absolute atomic E-state index is 0.159. The highest BCUT2D eigenvalue weighted by Crippen LogP contribution is 2.13. The average molecular weight is 312 g/mol. The summed E-state index contributed by atoms with van der Waals surface area (Å²) in [5.41, 5.74) is 8.09. The molecular weight excluding hydrogens is 288 g/mol. The summed E-state index contributed by atoms with van der Waals surface area (Å²) in [5, 5.41) is 6.14. The van der Waals surface area contributed by atoms with E-state index in [9.17, 15) is 4.79 Å². The normalized spacial score (nSPS) is 10.3. The largest absolute Gasteiger partial charge is 0.385 e. The van der Waals surface area contributed by atoms with Crippen molar-refractivity contribution in [3.8, 4) is 0 Å². The number of hydrogen-bond acceptors (Lipinski definition) is 4. The van der Waals surface area contributed by atoms with Gasteiger partial charge in [-0.1, -0.05) is 18.6 Å². The van der Waals surface area contributed by atoms with Crippen LogP contribution in [-0.4, -0.2) is 24.0 Å². The summed E-state index contributed by atoms with van der Waals surface area (Å²) >= 11 is 0. The van der Waals surface area contributed by atoms with Crippen LogP contribution in [0.3, 0.4) is 0 Å². The first-order chi connectivity index (χ1) is 11.2. The van der Waals surface area contributed by atoms with E-state index in [0.29, 0.717) is 11.4 Å². The van der Waals surface area contributed by atoms with Gasteiger partial charge in [0.05, 0.1) is 0 Å². The number of amides is 1. The summed E-state index contributed by atoms with van der Waals surface area (Å²) in [6, 6.07) is 11.2. The van der Waals surface area contributed by atoms with Crippen molar-refractivity contribution in [2.24, 2.45) is 5.73 Å². The lowest BCUT2D eigenvalue weighted by Crippen LogP contribution is -2.13. The van der Waals surface area contributed by atoms with Crippen molar-refractivity contribution in [2.75, 3.05) is 23.7 Å². The second-order valence-corrected chi connectivity index (χ2v) is 5.53. The molecule has 0 aliphatic rings. The fourth-order valence-electron chi connectivity index (χ4n) is 2.18. The predicted molar refractivity (Wildman–Crippen MR) is 94.8 cm³/mol. The van der Waals surface area contributed by atoms with Crippen molar-refractivity contribution < 1.29 is 4.79 Å². The molecule has 0 saturated heterocycles. The lowest BCUT2D eigenvalue weighted by atomic mass is 10.1. The molecule has 4 N–H and O–H groups in total. The zero-order valence-electron chi connectivity index (χ0n) is 13.5. The van der Waals surface area contributed by atoms with Gasteiger partial charge in [-0.25, -0.2) is 4.98 Å². The molecule has 1 amide bonds. The van der Waals surface area contributed by atoms with E-state index in [2.05, 4.69) is 15.6 Å². The minimum Gasteiger partial charge on any atom is -0.385 e. The zero-order chi connectivity index (χ0) is 16.5. The van der Waals surface area contributed by atoms with Crippen molar-refractivity contribution in [2.45, 2.75) is 26.2 Å². The number of nitrogens with zero attached hydrogens (tertiary/aromatic N) is 1. The Morgan fingerprint density at radius 1 is 1.17 bits per heavy atom. The molecule has 1 heterocycles. The highest BCUT2D eigenvalue weighted by atomic mass is 16.1. The molecule has 5 nitrogen and oxygen atoms in total. The third-order valence-corrected chi connectivity index (χ3v) is 3.49. The molecule has 5 heteroatoms. The van der Waals surface area contributed by atoms with Gasteiger partial charge in [-0.05, 0) is 56.1 Å². The summed E-state index contributed by atoms with van der Waals surface area (Å²) in [7, 11) is 0. The van der Waals surface area contributed by atoms with E-state index in [0.717, 1.165) is 43.6 Å².